The monoisotopic (exact) mass is 346 g/mol. The second-order valence-corrected chi connectivity index (χ2v) is 7.28. The van der Waals surface area contributed by atoms with E-state index in [0.717, 1.165) is 51.9 Å². The van der Waals surface area contributed by atoms with Crippen LogP contribution in [0.15, 0.2) is 30.3 Å². The van der Waals surface area contributed by atoms with Gasteiger partial charge in [-0.15, -0.1) is 0 Å². The molecular formula is C20H30N2O3. The SMILES string of the molecule is O=C1N(CCCc2ccccc2)CCC[C@]1(O)CNC1CCOCC1. The molecule has 5 nitrogen and oxygen atoms in total. The van der Waals surface area contributed by atoms with Crippen molar-refractivity contribution >= 4 is 5.91 Å². The topological polar surface area (TPSA) is 61.8 Å². The van der Waals surface area contributed by atoms with E-state index in [1.807, 2.05) is 23.1 Å². The van der Waals surface area contributed by atoms with Crippen LogP contribution in [-0.4, -0.2) is 60.4 Å². The van der Waals surface area contributed by atoms with Gasteiger partial charge < -0.3 is 20.1 Å². The summed E-state index contributed by atoms with van der Waals surface area (Å²) in [5.41, 5.74) is 0.0481. The van der Waals surface area contributed by atoms with Crippen molar-refractivity contribution < 1.29 is 14.6 Å². The number of hydrogen-bond donors (Lipinski definition) is 2. The molecule has 1 aromatic rings. The maximum absolute atomic E-state index is 12.8. The zero-order valence-corrected chi connectivity index (χ0v) is 15.0. The van der Waals surface area contributed by atoms with Gasteiger partial charge in [-0.3, -0.25) is 4.79 Å². The standard InChI is InChI=1S/C20H30N2O3/c23-19-20(24,16-21-18-9-14-25-15-10-18)11-5-13-22(19)12-4-8-17-6-2-1-3-7-17/h1-3,6-7,18,21,24H,4-5,8-16H2/t20-/m0/s1. The highest BCUT2D eigenvalue weighted by Gasteiger charge is 2.42. The number of amides is 1. The molecule has 3 rings (SSSR count). The number of carbonyl (C=O) groups is 1. The molecule has 2 aliphatic rings. The Labute approximate surface area is 150 Å². The fourth-order valence-electron chi connectivity index (χ4n) is 3.78. The maximum Gasteiger partial charge on any atom is 0.255 e. The molecule has 1 amide bonds. The molecular weight excluding hydrogens is 316 g/mol. The predicted octanol–water partition coefficient (Wildman–Crippen LogP) is 1.74. The Morgan fingerprint density at radius 3 is 2.76 bits per heavy atom. The number of piperidine rings is 1. The van der Waals surface area contributed by atoms with Crippen molar-refractivity contribution in [1.29, 1.82) is 0 Å². The smallest absolute Gasteiger partial charge is 0.255 e. The second-order valence-electron chi connectivity index (χ2n) is 7.28. The van der Waals surface area contributed by atoms with E-state index in [0.29, 0.717) is 25.6 Å². The van der Waals surface area contributed by atoms with Crippen molar-refractivity contribution in [2.75, 3.05) is 32.8 Å². The maximum atomic E-state index is 12.8. The number of ether oxygens (including phenoxy) is 1. The van der Waals surface area contributed by atoms with Crippen molar-refractivity contribution in [3.05, 3.63) is 35.9 Å². The molecule has 138 valence electrons. The molecule has 1 atom stereocenters. The fourth-order valence-corrected chi connectivity index (χ4v) is 3.78. The molecule has 2 heterocycles. The van der Waals surface area contributed by atoms with Gasteiger partial charge in [-0.2, -0.15) is 0 Å². The molecule has 2 saturated heterocycles. The molecule has 0 aromatic heterocycles. The number of likely N-dealkylation sites (tertiary alicyclic amines) is 1. The Morgan fingerprint density at radius 2 is 2.00 bits per heavy atom. The van der Waals surface area contributed by atoms with Gasteiger partial charge in [-0.25, -0.2) is 0 Å². The molecule has 2 fully saturated rings. The zero-order valence-electron chi connectivity index (χ0n) is 15.0. The van der Waals surface area contributed by atoms with E-state index in [4.69, 9.17) is 4.74 Å². The summed E-state index contributed by atoms with van der Waals surface area (Å²) in [7, 11) is 0. The Morgan fingerprint density at radius 1 is 1.24 bits per heavy atom. The lowest BCUT2D eigenvalue weighted by Gasteiger charge is -2.39. The van der Waals surface area contributed by atoms with E-state index in [2.05, 4.69) is 17.4 Å². The molecule has 1 aromatic carbocycles. The van der Waals surface area contributed by atoms with Gasteiger partial charge in [-0.1, -0.05) is 30.3 Å². The average molecular weight is 346 g/mol. The summed E-state index contributed by atoms with van der Waals surface area (Å²) < 4.78 is 5.36. The molecule has 0 saturated carbocycles. The summed E-state index contributed by atoms with van der Waals surface area (Å²) in [6, 6.07) is 10.7. The third-order valence-electron chi connectivity index (χ3n) is 5.34. The first kappa shape index (κ1) is 18.4. The summed E-state index contributed by atoms with van der Waals surface area (Å²) >= 11 is 0. The molecule has 2 N–H and O–H groups in total. The van der Waals surface area contributed by atoms with E-state index >= 15 is 0 Å². The van der Waals surface area contributed by atoms with E-state index in [1.165, 1.54) is 5.56 Å². The van der Waals surface area contributed by atoms with Gasteiger partial charge in [0.25, 0.3) is 5.91 Å². The van der Waals surface area contributed by atoms with Gasteiger partial charge in [0.05, 0.1) is 0 Å². The first-order chi connectivity index (χ1) is 12.2. The predicted molar refractivity (Wildman–Crippen MR) is 97.4 cm³/mol. The molecule has 0 spiro atoms. The van der Waals surface area contributed by atoms with Gasteiger partial charge in [0.1, 0.15) is 0 Å². The van der Waals surface area contributed by atoms with Crippen LogP contribution >= 0.6 is 0 Å². The number of benzene rings is 1. The highest BCUT2D eigenvalue weighted by Crippen LogP contribution is 2.23. The van der Waals surface area contributed by atoms with E-state index in [1.54, 1.807) is 0 Å². The van der Waals surface area contributed by atoms with Gasteiger partial charge in [0.2, 0.25) is 0 Å². The van der Waals surface area contributed by atoms with Crippen molar-refractivity contribution in [1.82, 2.24) is 10.2 Å². The first-order valence-corrected chi connectivity index (χ1v) is 9.54. The van der Waals surface area contributed by atoms with Crippen molar-refractivity contribution in [2.45, 2.75) is 50.2 Å². The summed E-state index contributed by atoms with van der Waals surface area (Å²) in [6.07, 6.45) is 5.21. The first-order valence-electron chi connectivity index (χ1n) is 9.54. The number of aliphatic hydroxyl groups is 1. The van der Waals surface area contributed by atoms with Crippen LogP contribution in [0.5, 0.6) is 0 Å². The van der Waals surface area contributed by atoms with Crippen LogP contribution in [0.2, 0.25) is 0 Å². The molecule has 0 unspecified atom stereocenters. The second kappa shape index (κ2) is 8.79. The zero-order chi connectivity index (χ0) is 17.5. The van der Waals surface area contributed by atoms with Crippen LogP contribution in [0.4, 0.5) is 0 Å². The van der Waals surface area contributed by atoms with E-state index < -0.39 is 5.60 Å². The summed E-state index contributed by atoms with van der Waals surface area (Å²) in [6.45, 7) is 3.34. The van der Waals surface area contributed by atoms with E-state index in [-0.39, 0.29) is 5.91 Å². The van der Waals surface area contributed by atoms with Gasteiger partial charge in [-0.05, 0) is 44.1 Å². The highest BCUT2D eigenvalue weighted by atomic mass is 16.5. The number of rotatable bonds is 7. The van der Waals surface area contributed by atoms with Crippen molar-refractivity contribution in [3.8, 4) is 0 Å². The molecule has 25 heavy (non-hydrogen) atoms. The molecule has 0 bridgehead atoms. The van der Waals surface area contributed by atoms with Crippen LogP contribution in [0.25, 0.3) is 0 Å². The number of carbonyl (C=O) groups excluding carboxylic acids is 1. The number of nitrogens with zero attached hydrogens (tertiary/aromatic N) is 1. The number of hydrogen-bond acceptors (Lipinski definition) is 4. The largest absolute Gasteiger partial charge is 0.381 e. The van der Waals surface area contributed by atoms with E-state index in [9.17, 15) is 9.90 Å². The molecule has 2 aliphatic heterocycles. The normalized spacial score (nSPS) is 25.3. The van der Waals surface area contributed by atoms with Crippen LogP contribution in [0.3, 0.4) is 0 Å². The summed E-state index contributed by atoms with van der Waals surface area (Å²) in [5, 5.41) is 14.3. The minimum atomic E-state index is -1.25. The van der Waals surface area contributed by atoms with Gasteiger partial charge in [0, 0.05) is 38.9 Å². The lowest BCUT2D eigenvalue weighted by Crippen LogP contribution is -2.59. The van der Waals surface area contributed by atoms with Crippen molar-refractivity contribution in [2.24, 2.45) is 0 Å². The van der Waals surface area contributed by atoms with Crippen molar-refractivity contribution in [3.63, 3.8) is 0 Å². The van der Waals surface area contributed by atoms with Crippen LogP contribution in [0, 0.1) is 0 Å². The van der Waals surface area contributed by atoms with Crippen LogP contribution < -0.4 is 5.32 Å². The Hall–Kier alpha value is -1.43. The Bertz CT molecular complexity index is 545. The molecule has 0 aliphatic carbocycles. The third-order valence-corrected chi connectivity index (χ3v) is 5.34. The highest BCUT2D eigenvalue weighted by molar-refractivity contribution is 5.86. The molecule has 0 radical (unpaired) electrons. The quantitative estimate of drug-likeness (QED) is 0.789. The van der Waals surface area contributed by atoms with Crippen LogP contribution in [-0.2, 0) is 16.0 Å². The minimum Gasteiger partial charge on any atom is -0.381 e. The third kappa shape index (κ3) is 5.03. The Kier molecular flexibility index (Phi) is 6.45. The van der Waals surface area contributed by atoms with Gasteiger partial charge >= 0.3 is 0 Å². The summed E-state index contributed by atoms with van der Waals surface area (Å²) in [4.78, 5) is 14.6. The Balaban J connectivity index is 1.47. The lowest BCUT2D eigenvalue weighted by atomic mass is 9.90. The lowest BCUT2D eigenvalue weighted by molar-refractivity contribution is -0.156. The molecule has 5 heteroatoms. The summed E-state index contributed by atoms with van der Waals surface area (Å²) in [5.74, 6) is -0.105. The number of nitrogens with one attached hydrogen (secondary N) is 1. The van der Waals surface area contributed by atoms with Crippen LogP contribution in [0.1, 0.15) is 37.7 Å². The average Bonchev–Trinajstić information content (AvgIpc) is 2.66. The van der Waals surface area contributed by atoms with Gasteiger partial charge in [0.15, 0.2) is 5.60 Å². The number of aryl methyl sites for hydroxylation is 1. The minimum absolute atomic E-state index is 0.105. The fraction of sp³-hybridized carbons (Fsp3) is 0.650.